The summed E-state index contributed by atoms with van der Waals surface area (Å²) in [6, 6.07) is 8.78. The highest BCUT2D eigenvalue weighted by Gasteiger charge is 2.27. The Balaban J connectivity index is 1.55. The van der Waals surface area contributed by atoms with Gasteiger partial charge in [-0.3, -0.25) is 19.3 Å². The smallest absolute Gasteiger partial charge is 0.256 e. The summed E-state index contributed by atoms with van der Waals surface area (Å²) in [5, 5.41) is 15.4. The number of aryl methyl sites for hydroxylation is 3. The van der Waals surface area contributed by atoms with E-state index in [4.69, 9.17) is 5.10 Å². The quantitative estimate of drug-likeness (QED) is 0.376. The molecule has 0 saturated carbocycles. The normalized spacial score (nSPS) is 13.1. The van der Waals surface area contributed by atoms with Gasteiger partial charge in [0, 0.05) is 56.5 Å². The fraction of sp³-hybridized carbons (Fsp3) is 0.464. The van der Waals surface area contributed by atoms with E-state index >= 15 is 0 Å². The van der Waals surface area contributed by atoms with Crippen molar-refractivity contribution in [2.24, 2.45) is 0 Å². The van der Waals surface area contributed by atoms with Crippen molar-refractivity contribution in [1.29, 1.82) is 0 Å². The minimum atomic E-state index is -0.280. The van der Waals surface area contributed by atoms with Crippen molar-refractivity contribution in [1.82, 2.24) is 30.4 Å². The summed E-state index contributed by atoms with van der Waals surface area (Å²) in [7, 11) is 1.72. The van der Waals surface area contributed by atoms with Crippen LogP contribution in [0.4, 0.5) is 10.1 Å². The van der Waals surface area contributed by atoms with Gasteiger partial charge in [-0.05, 0) is 68.3 Å². The van der Waals surface area contributed by atoms with E-state index in [2.05, 4.69) is 23.6 Å². The molecule has 0 saturated heterocycles. The van der Waals surface area contributed by atoms with Gasteiger partial charge in [-0.1, -0.05) is 13.0 Å². The van der Waals surface area contributed by atoms with E-state index < -0.39 is 0 Å². The number of benzene rings is 2. The Kier molecular flexibility index (Phi) is 8.63. The molecule has 0 aliphatic carbocycles. The summed E-state index contributed by atoms with van der Waals surface area (Å²) in [4.78, 5) is 28.2. The number of hydrogen-bond donors (Lipinski definition) is 2. The number of hydrazine groups is 1. The number of nitrogens with one attached hydrogen (secondary N) is 2. The van der Waals surface area contributed by atoms with Crippen LogP contribution in [0, 0.1) is 19.7 Å². The van der Waals surface area contributed by atoms with Gasteiger partial charge >= 0.3 is 0 Å². The zero-order chi connectivity index (χ0) is 27.4. The Bertz CT molecular complexity index is 1320. The Hall–Kier alpha value is -3.50. The number of carbonyl (C=O) groups excluding carboxylic acids is 2. The van der Waals surface area contributed by atoms with E-state index in [0.717, 1.165) is 52.1 Å². The second-order valence-electron chi connectivity index (χ2n) is 9.77. The van der Waals surface area contributed by atoms with Crippen LogP contribution in [0.25, 0.3) is 10.9 Å². The average molecular weight is 524 g/mol. The lowest BCUT2D eigenvalue weighted by Gasteiger charge is -2.32. The molecule has 1 aliphatic heterocycles. The molecule has 1 aliphatic rings. The summed E-state index contributed by atoms with van der Waals surface area (Å²) in [5.41, 5.74) is 5.58. The van der Waals surface area contributed by atoms with Crippen molar-refractivity contribution in [3.05, 3.63) is 58.5 Å². The fourth-order valence-electron chi connectivity index (χ4n) is 4.95. The van der Waals surface area contributed by atoms with Crippen molar-refractivity contribution < 1.29 is 14.0 Å². The zero-order valence-electron chi connectivity index (χ0n) is 23.0. The molecule has 3 aromatic rings. The molecule has 0 atom stereocenters. The van der Waals surface area contributed by atoms with Gasteiger partial charge in [-0.25, -0.2) is 9.40 Å². The first-order valence-electron chi connectivity index (χ1n) is 13.2. The van der Waals surface area contributed by atoms with Crippen molar-refractivity contribution in [3.63, 3.8) is 0 Å². The van der Waals surface area contributed by atoms with Crippen LogP contribution in [0.5, 0.6) is 0 Å². The Labute approximate surface area is 223 Å². The van der Waals surface area contributed by atoms with Crippen LogP contribution in [0.15, 0.2) is 30.3 Å². The van der Waals surface area contributed by atoms with Gasteiger partial charge in [0.1, 0.15) is 5.82 Å². The number of aromatic nitrogens is 2. The molecular formula is C28H38FN7O2. The standard InChI is InChI=1S/C28H38FN7O2/c1-6-30-10-11-31-27(37)17-34(26-14-25-24(12-19(26)3)20(4)36(7-2)32-25)18-28(38)33(5)35-15-21-8-9-23(29)13-22(21)16-35/h8-9,12-14,30H,6-7,10-11,15-18H2,1-5H3,(H,31,37). The number of hydrogen-bond acceptors (Lipinski definition) is 6. The van der Waals surface area contributed by atoms with Crippen LogP contribution < -0.4 is 15.5 Å². The van der Waals surface area contributed by atoms with Gasteiger partial charge in [0.05, 0.1) is 18.6 Å². The largest absolute Gasteiger partial charge is 0.353 e. The number of halogens is 1. The molecule has 204 valence electrons. The summed E-state index contributed by atoms with van der Waals surface area (Å²) < 4.78 is 15.7. The van der Waals surface area contributed by atoms with Gasteiger partial charge in [-0.2, -0.15) is 5.10 Å². The van der Waals surface area contributed by atoms with Gasteiger partial charge in [0.25, 0.3) is 5.91 Å². The van der Waals surface area contributed by atoms with E-state index in [-0.39, 0.29) is 30.7 Å². The third-order valence-corrected chi connectivity index (χ3v) is 7.15. The lowest BCUT2D eigenvalue weighted by atomic mass is 10.1. The first kappa shape index (κ1) is 27.5. The van der Waals surface area contributed by atoms with Crippen LogP contribution in [-0.4, -0.2) is 71.4 Å². The first-order valence-corrected chi connectivity index (χ1v) is 13.2. The lowest BCUT2D eigenvalue weighted by molar-refractivity contribution is -0.145. The predicted molar refractivity (Wildman–Crippen MR) is 147 cm³/mol. The van der Waals surface area contributed by atoms with Crippen LogP contribution in [0.2, 0.25) is 0 Å². The molecule has 4 rings (SSSR count). The molecular weight excluding hydrogens is 485 g/mol. The topological polar surface area (TPSA) is 85.7 Å². The number of likely N-dealkylation sites (N-methyl/N-ethyl adjacent to an activating group) is 2. The molecule has 38 heavy (non-hydrogen) atoms. The van der Waals surface area contributed by atoms with Crippen LogP contribution >= 0.6 is 0 Å². The van der Waals surface area contributed by atoms with E-state index in [1.165, 1.54) is 12.1 Å². The predicted octanol–water partition coefficient (Wildman–Crippen LogP) is 2.73. The van der Waals surface area contributed by atoms with Crippen molar-refractivity contribution in [2.75, 3.05) is 44.7 Å². The van der Waals surface area contributed by atoms with E-state index in [1.807, 2.05) is 41.4 Å². The Morgan fingerprint density at radius 2 is 1.82 bits per heavy atom. The Morgan fingerprint density at radius 1 is 1.05 bits per heavy atom. The highest BCUT2D eigenvalue weighted by Crippen LogP contribution is 2.29. The monoisotopic (exact) mass is 523 g/mol. The number of fused-ring (bicyclic) bond motifs is 2. The highest BCUT2D eigenvalue weighted by atomic mass is 19.1. The fourth-order valence-corrected chi connectivity index (χ4v) is 4.95. The maximum atomic E-state index is 13.7. The van der Waals surface area contributed by atoms with Crippen molar-refractivity contribution in [2.45, 2.75) is 47.3 Å². The maximum absolute atomic E-state index is 13.7. The minimum absolute atomic E-state index is 0.0121. The number of amides is 2. The summed E-state index contributed by atoms with van der Waals surface area (Å²) in [6.07, 6.45) is 0. The van der Waals surface area contributed by atoms with Gasteiger partial charge < -0.3 is 15.5 Å². The third-order valence-electron chi connectivity index (χ3n) is 7.15. The molecule has 0 unspecified atom stereocenters. The molecule has 2 amide bonds. The third kappa shape index (κ3) is 5.97. The molecule has 1 aromatic heterocycles. The number of anilines is 1. The SMILES string of the molecule is CCNCCNC(=O)CN(CC(=O)N(C)N1Cc2ccc(F)cc2C1)c1cc2nn(CC)c(C)c2cc1C. The van der Waals surface area contributed by atoms with Crippen molar-refractivity contribution >= 4 is 28.4 Å². The second-order valence-corrected chi connectivity index (χ2v) is 9.77. The molecule has 2 heterocycles. The lowest BCUT2D eigenvalue weighted by Crippen LogP contribution is -2.48. The molecule has 0 fully saturated rings. The molecule has 10 heteroatoms. The molecule has 2 N–H and O–H groups in total. The van der Waals surface area contributed by atoms with E-state index in [9.17, 15) is 14.0 Å². The van der Waals surface area contributed by atoms with Gasteiger partial charge in [-0.15, -0.1) is 0 Å². The first-order chi connectivity index (χ1) is 18.2. The zero-order valence-corrected chi connectivity index (χ0v) is 23.0. The molecule has 9 nitrogen and oxygen atoms in total. The molecule has 0 bridgehead atoms. The minimum Gasteiger partial charge on any atom is -0.353 e. The van der Waals surface area contributed by atoms with Gasteiger partial charge in [0.15, 0.2) is 0 Å². The Morgan fingerprint density at radius 3 is 2.55 bits per heavy atom. The second kappa shape index (κ2) is 11.9. The van der Waals surface area contributed by atoms with Crippen molar-refractivity contribution in [3.8, 4) is 0 Å². The summed E-state index contributed by atoms with van der Waals surface area (Å²) in [5.74, 6) is -0.594. The summed E-state index contributed by atoms with van der Waals surface area (Å²) in [6.45, 7) is 11.9. The average Bonchev–Trinajstić information content (AvgIpc) is 3.45. The van der Waals surface area contributed by atoms with Crippen LogP contribution in [-0.2, 0) is 29.2 Å². The van der Waals surface area contributed by atoms with Crippen LogP contribution in [0.1, 0.15) is 36.2 Å². The van der Waals surface area contributed by atoms with Gasteiger partial charge in [0.2, 0.25) is 5.91 Å². The number of rotatable bonds is 11. The molecule has 2 aromatic carbocycles. The molecule has 0 spiro atoms. The number of nitrogens with zero attached hydrogens (tertiary/aromatic N) is 5. The van der Waals surface area contributed by atoms with E-state index in [0.29, 0.717) is 26.2 Å². The highest BCUT2D eigenvalue weighted by molar-refractivity contribution is 5.91. The molecule has 0 radical (unpaired) electrons. The maximum Gasteiger partial charge on any atom is 0.256 e. The summed E-state index contributed by atoms with van der Waals surface area (Å²) >= 11 is 0. The number of carbonyl (C=O) groups is 2. The van der Waals surface area contributed by atoms with E-state index in [1.54, 1.807) is 18.1 Å². The van der Waals surface area contributed by atoms with Crippen LogP contribution in [0.3, 0.4) is 0 Å².